The highest BCUT2D eigenvalue weighted by Gasteiger charge is 2.28. The van der Waals surface area contributed by atoms with E-state index >= 15 is 0 Å². The van der Waals surface area contributed by atoms with E-state index in [2.05, 4.69) is 0 Å². The molecule has 1 unspecified atom stereocenters. The van der Waals surface area contributed by atoms with Crippen molar-refractivity contribution in [3.8, 4) is 0 Å². The topological polar surface area (TPSA) is 101 Å². The van der Waals surface area contributed by atoms with Gasteiger partial charge in [0.15, 0.2) is 0 Å². The van der Waals surface area contributed by atoms with Crippen LogP contribution in [0, 0.1) is 5.92 Å². The summed E-state index contributed by atoms with van der Waals surface area (Å²) >= 11 is 0. The Hall–Kier alpha value is -1.10. The average molecular weight is 161 g/mol. The average Bonchev–Trinajstić information content (AvgIpc) is 1.88. The Morgan fingerprint density at radius 2 is 1.82 bits per heavy atom. The second-order valence-electron chi connectivity index (χ2n) is 2.22. The number of carbonyl (C=O) groups is 2. The van der Waals surface area contributed by atoms with Gasteiger partial charge < -0.3 is 15.9 Å². The molecule has 5 nitrogen and oxygen atoms in total. The van der Waals surface area contributed by atoms with Crippen molar-refractivity contribution < 1.29 is 19.8 Å². The number of carboxylic acid groups (broad SMARTS) is 2. The van der Waals surface area contributed by atoms with E-state index in [1.807, 2.05) is 0 Å². The first-order chi connectivity index (χ1) is 5.00. The molecule has 0 saturated carbocycles. The minimum atomic E-state index is -1.31. The minimum absolute atomic E-state index is 0.225. The molecule has 4 N–H and O–H groups in total. The van der Waals surface area contributed by atoms with Crippen molar-refractivity contribution in [1.82, 2.24) is 0 Å². The van der Waals surface area contributed by atoms with Gasteiger partial charge in [-0.05, 0) is 6.42 Å². The number of rotatable bonds is 4. The molecule has 0 aromatic heterocycles. The van der Waals surface area contributed by atoms with Crippen LogP contribution in [0.5, 0.6) is 0 Å². The first-order valence-corrected chi connectivity index (χ1v) is 3.21. The van der Waals surface area contributed by atoms with E-state index in [1.165, 1.54) is 0 Å². The lowest BCUT2D eigenvalue weighted by Crippen LogP contribution is -2.41. The number of hydrogen-bond acceptors (Lipinski definition) is 3. The van der Waals surface area contributed by atoms with Crippen molar-refractivity contribution in [3.63, 3.8) is 0 Å². The molecule has 0 spiro atoms. The van der Waals surface area contributed by atoms with Crippen LogP contribution in [-0.2, 0) is 9.59 Å². The van der Waals surface area contributed by atoms with Gasteiger partial charge in [0.05, 0.1) is 5.92 Å². The Morgan fingerprint density at radius 1 is 1.36 bits per heavy atom. The Bertz CT molecular complexity index is 168. The van der Waals surface area contributed by atoms with Crippen LogP contribution in [0.4, 0.5) is 0 Å². The zero-order valence-corrected chi connectivity index (χ0v) is 6.15. The maximum absolute atomic E-state index is 10.3. The summed E-state index contributed by atoms with van der Waals surface area (Å²) in [6, 6.07) is -1.31. The zero-order chi connectivity index (χ0) is 9.02. The smallest absolute Gasteiger partial charge is 0.321 e. The van der Waals surface area contributed by atoms with E-state index in [1.54, 1.807) is 6.92 Å². The van der Waals surface area contributed by atoms with Gasteiger partial charge in [-0.15, -0.1) is 0 Å². The normalized spacial score (nSPS) is 15.5. The van der Waals surface area contributed by atoms with E-state index in [-0.39, 0.29) is 6.42 Å². The minimum Gasteiger partial charge on any atom is -0.481 e. The van der Waals surface area contributed by atoms with E-state index in [4.69, 9.17) is 15.9 Å². The molecule has 0 rings (SSSR count). The van der Waals surface area contributed by atoms with Gasteiger partial charge in [0, 0.05) is 0 Å². The Labute approximate surface area is 63.8 Å². The molecule has 11 heavy (non-hydrogen) atoms. The molecule has 64 valence electrons. The molecule has 0 amide bonds. The molecule has 0 bridgehead atoms. The van der Waals surface area contributed by atoms with Gasteiger partial charge in [0.25, 0.3) is 0 Å². The molecule has 0 aliphatic carbocycles. The summed E-state index contributed by atoms with van der Waals surface area (Å²) in [4.78, 5) is 20.5. The summed E-state index contributed by atoms with van der Waals surface area (Å²) < 4.78 is 0. The molecule has 0 aliphatic rings. The Morgan fingerprint density at radius 3 is 1.91 bits per heavy atom. The van der Waals surface area contributed by atoms with Gasteiger partial charge in [-0.1, -0.05) is 6.92 Å². The SMILES string of the molecule is CCC(C(=O)O)[C@H](N)C(=O)O. The molecule has 0 radical (unpaired) electrons. The summed E-state index contributed by atoms with van der Waals surface area (Å²) in [5.41, 5.74) is 5.09. The second kappa shape index (κ2) is 3.92. The van der Waals surface area contributed by atoms with E-state index in [9.17, 15) is 9.59 Å². The predicted octanol–water partition coefficient (Wildman–Crippen LogP) is -0.491. The summed E-state index contributed by atoms with van der Waals surface area (Å²) in [6.45, 7) is 1.58. The fourth-order valence-electron chi connectivity index (χ4n) is 0.754. The van der Waals surface area contributed by atoms with Crippen molar-refractivity contribution in [3.05, 3.63) is 0 Å². The predicted molar refractivity (Wildman–Crippen MR) is 37.0 cm³/mol. The Kier molecular flexibility index (Phi) is 3.53. The van der Waals surface area contributed by atoms with E-state index in [0.717, 1.165) is 0 Å². The van der Waals surface area contributed by atoms with Crippen LogP contribution in [0.25, 0.3) is 0 Å². The molecule has 0 heterocycles. The van der Waals surface area contributed by atoms with Crippen molar-refractivity contribution >= 4 is 11.9 Å². The summed E-state index contributed by atoms with van der Waals surface area (Å²) in [5, 5.41) is 16.8. The fraction of sp³-hybridized carbons (Fsp3) is 0.667. The largest absolute Gasteiger partial charge is 0.481 e. The molecule has 5 heteroatoms. The second-order valence-corrected chi connectivity index (χ2v) is 2.22. The lowest BCUT2D eigenvalue weighted by molar-refractivity contribution is -0.150. The molecule has 2 atom stereocenters. The maximum Gasteiger partial charge on any atom is 0.321 e. The summed E-state index contributed by atoms with van der Waals surface area (Å²) in [6.07, 6.45) is 0.225. The van der Waals surface area contributed by atoms with Crippen LogP contribution in [-0.4, -0.2) is 28.2 Å². The van der Waals surface area contributed by atoms with Crippen LogP contribution < -0.4 is 5.73 Å². The lowest BCUT2D eigenvalue weighted by Gasteiger charge is -2.13. The van der Waals surface area contributed by atoms with Gasteiger partial charge in [-0.25, -0.2) is 0 Å². The maximum atomic E-state index is 10.3. The molecule has 0 aromatic carbocycles. The highest BCUT2D eigenvalue weighted by Crippen LogP contribution is 2.06. The third-order valence-electron chi connectivity index (χ3n) is 1.48. The van der Waals surface area contributed by atoms with Crippen molar-refractivity contribution in [1.29, 1.82) is 0 Å². The highest BCUT2D eigenvalue weighted by molar-refractivity contribution is 5.82. The quantitative estimate of drug-likeness (QED) is 0.516. The standard InChI is InChI=1S/C6H11NO4/c1-2-3(5(8)9)4(7)6(10)11/h3-4H,2,7H2,1H3,(H,8,9)(H,10,11)/t3?,4-/m0/s1. The van der Waals surface area contributed by atoms with Gasteiger partial charge in [-0.2, -0.15) is 0 Å². The van der Waals surface area contributed by atoms with Crippen LogP contribution in [0.3, 0.4) is 0 Å². The number of hydrogen-bond donors (Lipinski definition) is 3. The van der Waals surface area contributed by atoms with Gasteiger partial charge in [-0.3, -0.25) is 9.59 Å². The molecular formula is C6H11NO4. The fourth-order valence-corrected chi connectivity index (χ4v) is 0.754. The highest BCUT2D eigenvalue weighted by atomic mass is 16.4. The monoisotopic (exact) mass is 161 g/mol. The molecule has 0 aliphatic heterocycles. The van der Waals surface area contributed by atoms with Gasteiger partial charge >= 0.3 is 11.9 Å². The molecular weight excluding hydrogens is 150 g/mol. The number of nitrogens with two attached hydrogens (primary N) is 1. The molecule has 0 aromatic rings. The summed E-state index contributed by atoms with van der Waals surface area (Å²) in [7, 11) is 0. The third-order valence-corrected chi connectivity index (χ3v) is 1.48. The first kappa shape index (κ1) is 9.90. The van der Waals surface area contributed by atoms with Crippen LogP contribution in [0.2, 0.25) is 0 Å². The lowest BCUT2D eigenvalue weighted by atomic mass is 9.98. The molecule has 0 saturated heterocycles. The van der Waals surface area contributed by atoms with Crippen LogP contribution >= 0.6 is 0 Å². The van der Waals surface area contributed by atoms with Crippen molar-refractivity contribution in [2.24, 2.45) is 11.7 Å². The van der Waals surface area contributed by atoms with Crippen LogP contribution in [0.15, 0.2) is 0 Å². The van der Waals surface area contributed by atoms with Crippen molar-refractivity contribution in [2.45, 2.75) is 19.4 Å². The van der Waals surface area contributed by atoms with Crippen LogP contribution in [0.1, 0.15) is 13.3 Å². The Balaban J connectivity index is 4.25. The van der Waals surface area contributed by atoms with E-state index < -0.39 is 23.9 Å². The number of aliphatic carboxylic acids is 2. The number of carboxylic acids is 2. The van der Waals surface area contributed by atoms with Gasteiger partial charge in [0.2, 0.25) is 0 Å². The molecule has 0 fully saturated rings. The van der Waals surface area contributed by atoms with E-state index in [0.29, 0.717) is 0 Å². The third kappa shape index (κ3) is 2.55. The van der Waals surface area contributed by atoms with Crippen molar-refractivity contribution in [2.75, 3.05) is 0 Å². The zero-order valence-electron chi connectivity index (χ0n) is 6.15. The summed E-state index contributed by atoms with van der Waals surface area (Å²) in [5.74, 6) is -3.44. The van der Waals surface area contributed by atoms with Gasteiger partial charge in [0.1, 0.15) is 6.04 Å². The first-order valence-electron chi connectivity index (χ1n) is 3.21.